The van der Waals surface area contributed by atoms with Gasteiger partial charge in [0.05, 0.1) is 6.10 Å². The summed E-state index contributed by atoms with van der Waals surface area (Å²) >= 11 is 0. The summed E-state index contributed by atoms with van der Waals surface area (Å²) in [6, 6.07) is 16.0. The first kappa shape index (κ1) is 24.7. The predicted molar refractivity (Wildman–Crippen MR) is 130 cm³/mol. The average molecular weight is 481 g/mol. The van der Waals surface area contributed by atoms with Crippen molar-refractivity contribution in [2.75, 3.05) is 20.3 Å². The van der Waals surface area contributed by atoms with Crippen molar-refractivity contribution in [1.82, 2.24) is 10.2 Å². The van der Waals surface area contributed by atoms with Crippen molar-refractivity contribution in [2.45, 2.75) is 56.7 Å². The highest BCUT2D eigenvalue weighted by Crippen LogP contribution is 2.44. The highest BCUT2D eigenvalue weighted by atomic mass is 16.5. The van der Waals surface area contributed by atoms with Gasteiger partial charge < -0.3 is 24.8 Å². The number of amides is 2. The van der Waals surface area contributed by atoms with Crippen molar-refractivity contribution < 1.29 is 29.0 Å². The van der Waals surface area contributed by atoms with Crippen LogP contribution in [-0.4, -0.2) is 65.9 Å². The number of carbonyl (C=O) groups is 3. The molecule has 2 amide bonds. The molecule has 2 aliphatic rings. The third-order valence-electron chi connectivity index (χ3n) is 7.20. The van der Waals surface area contributed by atoms with Gasteiger partial charge in [-0.3, -0.25) is 4.79 Å². The molecule has 1 aliphatic carbocycles. The number of hydrogen-bond acceptors (Lipinski definition) is 5. The molecular formula is C27H32N2O6. The minimum Gasteiger partial charge on any atom is -0.480 e. The molecule has 186 valence electrons. The van der Waals surface area contributed by atoms with Crippen LogP contribution in [0.5, 0.6) is 0 Å². The Morgan fingerprint density at radius 3 is 2.29 bits per heavy atom. The van der Waals surface area contributed by atoms with Gasteiger partial charge in [-0.15, -0.1) is 0 Å². The lowest BCUT2D eigenvalue weighted by Crippen LogP contribution is -2.51. The quantitative estimate of drug-likeness (QED) is 0.596. The van der Waals surface area contributed by atoms with E-state index in [2.05, 4.69) is 29.6 Å². The first-order valence-electron chi connectivity index (χ1n) is 11.9. The van der Waals surface area contributed by atoms with Crippen LogP contribution in [0.15, 0.2) is 48.5 Å². The summed E-state index contributed by atoms with van der Waals surface area (Å²) in [6.45, 7) is 3.80. The zero-order chi connectivity index (χ0) is 25.2. The van der Waals surface area contributed by atoms with Crippen molar-refractivity contribution >= 4 is 18.0 Å². The van der Waals surface area contributed by atoms with E-state index in [4.69, 9.17) is 9.47 Å². The van der Waals surface area contributed by atoms with Gasteiger partial charge in [-0.2, -0.15) is 0 Å². The molecule has 0 aromatic heterocycles. The lowest BCUT2D eigenvalue weighted by Gasteiger charge is -2.31. The second-order valence-corrected chi connectivity index (χ2v) is 9.55. The van der Waals surface area contributed by atoms with Crippen LogP contribution in [0.2, 0.25) is 0 Å². The average Bonchev–Trinajstić information content (AvgIpc) is 3.37. The molecule has 0 bridgehead atoms. The molecule has 2 aromatic carbocycles. The van der Waals surface area contributed by atoms with Gasteiger partial charge in [0, 0.05) is 38.5 Å². The van der Waals surface area contributed by atoms with Crippen LogP contribution in [0.4, 0.5) is 4.79 Å². The van der Waals surface area contributed by atoms with E-state index >= 15 is 0 Å². The van der Waals surface area contributed by atoms with Crippen molar-refractivity contribution in [3.05, 3.63) is 59.7 Å². The van der Waals surface area contributed by atoms with Crippen LogP contribution in [-0.2, 0) is 19.1 Å². The van der Waals surface area contributed by atoms with E-state index in [-0.39, 0.29) is 50.0 Å². The SMILES string of the molecule is COC1CN(C(=O)CCC(C)NC(=O)OCC2c3ccccc3-c3ccccc32)C(C)(C(=O)O)C1. The Balaban J connectivity index is 1.29. The summed E-state index contributed by atoms with van der Waals surface area (Å²) in [4.78, 5) is 38.5. The van der Waals surface area contributed by atoms with Gasteiger partial charge in [-0.25, -0.2) is 9.59 Å². The predicted octanol–water partition coefficient (Wildman–Crippen LogP) is 3.78. The van der Waals surface area contributed by atoms with Crippen LogP contribution in [0, 0.1) is 0 Å². The Bertz CT molecular complexity index is 1070. The summed E-state index contributed by atoms with van der Waals surface area (Å²) in [7, 11) is 1.52. The van der Waals surface area contributed by atoms with Crippen LogP contribution >= 0.6 is 0 Å². The number of carboxylic acids is 1. The van der Waals surface area contributed by atoms with Crippen LogP contribution in [0.3, 0.4) is 0 Å². The maximum atomic E-state index is 12.8. The summed E-state index contributed by atoms with van der Waals surface area (Å²) < 4.78 is 10.9. The molecule has 8 nitrogen and oxygen atoms in total. The smallest absolute Gasteiger partial charge is 0.407 e. The van der Waals surface area contributed by atoms with E-state index in [1.165, 1.54) is 12.0 Å². The van der Waals surface area contributed by atoms with Crippen LogP contribution in [0.25, 0.3) is 11.1 Å². The molecule has 3 unspecified atom stereocenters. The van der Waals surface area contributed by atoms with E-state index in [9.17, 15) is 19.5 Å². The highest BCUT2D eigenvalue weighted by molar-refractivity contribution is 5.87. The van der Waals surface area contributed by atoms with Gasteiger partial charge in [0.1, 0.15) is 12.1 Å². The van der Waals surface area contributed by atoms with E-state index in [0.717, 1.165) is 22.3 Å². The number of hydrogen-bond donors (Lipinski definition) is 2. The Labute approximate surface area is 205 Å². The molecule has 3 atom stereocenters. The van der Waals surface area contributed by atoms with Crippen molar-refractivity contribution in [3.63, 3.8) is 0 Å². The Kier molecular flexibility index (Phi) is 7.12. The van der Waals surface area contributed by atoms with E-state index in [0.29, 0.717) is 6.42 Å². The second kappa shape index (κ2) is 10.1. The molecule has 1 heterocycles. The number of benzene rings is 2. The number of carbonyl (C=O) groups excluding carboxylic acids is 2. The second-order valence-electron chi connectivity index (χ2n) is 9.55. The maximum Gasteiger partial charge on any atom is 0.407 e. The molecule has 35 heavy (non-hydrogen) atoms. The van der Waals surface area contributed by atoms with Crippen molar-refractivity contribution in [2.24, 2.45) is 0 Å². The standard InChI is InChI=1S/C27H32N2O6/c1-17(12-13-24(30)29-15-18(34-3)14-27(29,2)25(31)32)28-26(33)35-16-23-21-10-6-4-8-19(21)20-9-5-7-11-22(20)23/h4-11,17-18,23H,12-16H2,1-3H3,(H,28,33)(H,31,32). The minimum absolute atomic E-state index is 0.0253. The number of alkyl carbamates (subject to hydrolysis) is 1. The van der Waals surface area contributed by atoms with Gasteiger partial charge in [0.15, 0.2) is 0 Å². The molecule has 0 saturated carbocycles. The summed E-state index contributed by atoms with van der Waals surface area (Å²) in [5.41, 5.74) is 3.31. The molecule has 0 spiro atoms. The first-order chi connectivity index (χ1) is 16.7. The number of likely N-dealkylation sites (tertiary alicyclic amines) is 1. The number of fused-ring (bicyclic) bond motifs is 3. The maximum absolute atomic E-state index is 12.8. The van der Waals surface area contributed by atoms with Crippen molar-refractivity contribution in [1.29, 1.82) is 0 Å². The first-order valence-corrected chi connectivity index (χ1v) is 11.9. The number of methoxy groups -OCH3 is 1. The molecule has 2 aromatic rings. The monoisotopic (exact) mass is 480 g/mol. The Morgan fingerprint density at radius 2 is 1.71 bits per heavy atom. The fraction of sp³-hybridized carbons (Fsp3) is 0.444. The zero-order valence-corrected chi connectivity index (χ0v) is 20.3. The molecule has 1 fully saturated rings. The number of carboxylic acid groups (broad SMARTS) is 1. The largest absolute Gasteiger partial charge is 0.480 e. The summed E-state index contributed by atoms with van der Waals surface area (Å²) in [5.74, 6) is -1.34. The van der Waals surface area contributed by atoms with Gasteiger partial charge in [0.25, 0.3) is 0 Å². The molecule has 8 heteroatoms. The topological polar surface area (TPSA) is 105 Å². The van der Waals surface area contributed by atoms with Crippen LogP contribution in [0.1, 0.15) is 50.2 Å². The molecule has 2 N–H and O–H groups in total. The summed E-state index contributed by atoms with van der Waals surface area (Å²) in [5, 5.41) is 12.4. The molecular weight excluding hydrogens is 448 g/mol. The van der Waals surface area contributed by atoms with Gasteiger partial charge >= 0.3 is 12.1 Å². The number of ether oxygens (including phenoxy) is 2. The Hall–Kier alpha value is -3.39. The van der Waals surface area contributed by atoms with Gasteiger partial charge in [-0.05, 0) is 42.5 Å². The van der Waals surface area contributed by atoms with E-state index in [1.54, 1.807) is 13.8 Å². The lowest BCUT2D eigenvalue weighted by molar-refractivity contribution is -0.155. The summed E-state index contributed by atoms with van der Waals surface area (Å²) in [6.07, 6.45) is -0.117. The molecule has 4 rings (SSSR count). The third kappa shape index (κ3) is 4.89. The van der Waals surface area contributed by atoms with Gasteiger partial charge in [-0.1, -0.05) is 48.5 Å². The fourth-order valence-corrected chi connectivity index (χ4v) is 5.15. The van der Waals surface area contributed by atoms with Crippen molar-refractivity contribution in [3.8, 4) is 11.1 Å². The number of nitrogens with one attached hydrogen (secondary N) is 1. The number of aliphatic carboxylic acids is 1. The third-order valence-corrected chi connectivity index (χ3v) is 7.20. The van der Waals surface area contributed by atoms with E-state index in [1.807, 2.05) is 24.3 Å². The fourth-order valence-electron chi connectivity index (χ4n) is 5.15. The zero-order valence-electron chi connectivity index (χ0n) is 20.3. The van der Waals surface area contributed by atoms with Crippen LogP contribution < -0.4 is 5.32 Å². The molecule has 1 saturated heterocycles. The highest BCUT2D eigenvalue weighted by Gasteiger charge is 2.50. The molecule has 1 aliphatic heterocycles. The van der Waals surface area contributed by atoms with E-state index < -0.39 is 17.6 Å². The minimum atomic E-state index is -1.29. The van der Waals surface area contributed by atoms with Gasteiger partial charge in [0.2, 0.25) is 5.91 Å². The number of nitrogens with zero attached hydrogens (tertiary/aromatic N) is 1. The Morgan fingerprint density at radius 1 is 1.11 bits per heavy atom. The normalized spacial score (nSPS) is 21.8. The molecule has 0 radical (unpaired) electrons. The lowest BCUT2D eigenvalue weighted by atomic mass is 9.98. The number of rotatable bonds is 8.